The van der Waals surface area contributed by atoms with Crippen LogP contribution in [0.5, 0.6) is 0 Å². The summed E-state index contributed by atoms with van der Waals surface area (Å²) in [5.41, 5.74) is 1.83. The van der Waals surface area contributed by atoms with E-state index in [2.05, 4.69) is 10.1 Å². The zero-order valence-electron chi connectivity index (χ0n) is 10.2. The maximum absolute atomic E-state index is 11.5. The smallest absolute Gasteiger partial charge is 0.308 e. The highest BCUT2D eigenvalue weighted by molar-refractivity contribution is 5.69. The lowest BCUT2D eigenvalue weighted by molar-refractivity contribution is -0.145. The van der Waals surface area contributed by atoms with Crippen molar-refractivity contribution in [3.63, 3.8) is 0 Å². The first-order valence-electron chi connectivity index (χ1n) is 5.78. The van der Waals surface area contributed by atoms with Gasteiger partial charge in [-0.15, -0.1) is 0 Å². The maximum atomic E-state index is 11.5. The SMILES string of the molecule is Cc1cnn(CCC(=O)OCc2ccccn2)c1. The number of hydrogen-bond donors (Lipinski definition) is 0. The summed E-state index contributed by atoms with van der Waals surface area (Å²) in [6.45, 7) is 2.72. The molecule has 2 aromatic heterocycles. The van der Waals surface area contributed by atoms with E-state index in [4.69, 9.17) is 4.74 Å². The van der Waals surface area contributed by atoms with E-state index in [-0.39, 0.29) is 12.6 Å². The monoisotopic (exact) mass is 245 g/mol. The fourth-order valence-corrected chi connectivity index (χ4v) is 1.51. The van der Waals surface area contributed by atoms with Crippen LogP contribution in [0.2, 0.25) is 0 Å². The molecule has 2 rings (SSSR count). The van der Waals surface area contributed by atoms with Crippen molar-refractivity contribution in [2.75, 3.05) is 0 Å². The molecule has 2 aromatic rings. The van der Waals surface area contributed by atoms with Gasteiger partial charge in [0.15, 0.2) is 0 Å². The van der Waals surface area contributed by atoms with Crippen LogP contribution < -0.4 is 0 Å². The summed E-state index contributed by atoms with van der Waals surface area (Å²) in [6, 6.07) is 5.51. The van der Waals surface area contributed by atoms with Gasteiger partial charge < -0.3 is 4.74 Å². The van der Waals surface area contributed by atoms with Gasteiger partial charge >= 0.3 is 5.97 Å². The van der Waals surface area contributed by atoms with Crippen LogP contribution in [-0.2, 0) is 22.7 Å². The van der Waals surface area contributed by atoms with Crippen molar-refractivity contribution in [2.45, 2.75) is 26.5 Å². The molecule has 94 valence electrons. The van der Waals surface area contributed by atoms with E-state index < -0.39 is 0 Å². The van der Waals surface area contributed by atoms with Crippen molar-refractivity contribution in [3.8, 4) is 0 Å². The van der Waals surface area contributed by atoms with Gasteiger partial charge in [-0.05, 0) is 24.6 Å². The molecular weight excluding hydrogens is 230 g/mol. The van der Waals surface area contributed by atoms with Crippen LogP contribution in [0.25, 0.3) is 0 Å². The van der Waals surface area contributed by atoms with Crippen molar-refractivity contribution in [2.24, 2.45) is 0 Å². The summed E-state index contributed by atoms with van der Waals surface area (Å²) in [6.07, 6.45) is 5.65. The highest BCUT2D eigenvalue weighted by Gasteiger charge is 2.04. The molecule has 0 saturated carbocycles. The van der Waals surface area contributed by atoms with Crippen molar-refractivity contribution in [1.29, 1.82) is 0 Å². The molecule has 0 atom stereocenters. The third-order valence-corrected chi connectivity index (χ3v) is 2.41. The molecule has 0 saturated heterocycles. The Balaban J connectivity index is 1.73. The van der Waals surface area contributed by atoms with E-state index in [9.17, 15) is 4.79 Å². The maximum Gasteiger partial charge on any atom is 0.308 e. The largest absolute Gasteiger partial charge is 0.459 e. The fourth-order valence-electron chi connectivity index (χ4n) is 1.51. The minimum Gasteiger partial charge on any atom is -0.459 e. The summed E-state index contributed by atoms with van der Waals surface area (Å²) in [7, 11) is 0. The normalized spacial score (nSPS) is 10.3. The summed E-state index contributed by atoms with van der Waals surface area (Å²) < 4.78 is 6.85. The third-order valence-electron chi connectivity index (χ3n) is 2.41. The number of hydrogen-bond acceptors (Lipinski definition) is 4. The van der Waals surface area contributed by atoms with Crippen LogP contribution in [0.15, 0.2) is 36.8 Å². The number of rotatable bonds is 5. The van der Waals surface area contributed by atoms with Crippen molar-refractivity contribution in [3.05, 3.63) is 48.0 Å². The predicted octanol–water partition coefficient (Wildman–Crippen LogP) is 1.72. The molecule has 0 N–H and O–H groups in total. The molecule has 0 amide bonds. The summed E-state index contributed by atoms with van der Waals surface area (Å²) in [4.78, 5) is 15.6. The molecule has 0 bridgehead atoms. The van der Waals surface area contributed by atoms with Crippen molar-refractivity contribution < 1.29 is 9.53 Å². The second-order valence-electron chi connectivity index (χ2n) is 4.01. The molecule has 0 aromatic carbocycles. The topological polar surface area (TPSA) is 57.0 Å². The Bertz CT molecular complexity index is 508. The lowest BCUT2D eigenvalue weighted by Crippen LogP contribution is -2.09. The molecule has 0 aliphatic heterocycles. The number of esters is 1. The quantitative estimate of drug-likeness (QED) is 0.753. The van der Waals surface area contributed by atoms with Gasteiger partial charge in [0, 0.05) is 12.4 Å². The van der Waals surface area contributed by atoms with Crippen LogP contribution in [0.4, 0.5) is 0 Å². The van der Waals surface area contributed by atoms with Crippen LogP contribution in [0.1, 0.15) is 17.7 Å². The van der Waals surface area contributed by atoms with Crippen LogP contribution in [-0.4, -0.2) is 20.7 Å². The third kappa shape index (κ3) is 3.69. The molecule has 0 aliphatic rings. The molecule has 0 radical (unpaired) electrons. The van der Waals surface area contributed by atoms with Gasteiger partial charge in [-0.3, -0.25) is 14.5 Å². The minimum absolute atomic E-state index is 0.220. The highest BCUT2D eigenvalue weighted by atomic mass is 16.5. The first-order chi connectivity index (χ1) is 8.74. The van der Waals surface area contributed by atoms with E-state index in [0.717, 1.165) is 11.3 Å². The van der Waals surface area contributed by atoms with E-state index in [0.29, 0.717) is 13.0 Å². The Hall–Kier alpha value is -2.17. The summed E-state index contributed by atoms with van der Waals surface area (Å²) in [5.74, 6) is -0.242. The van der Waals surface area contributed by atoms with Gasteiger partial charge in [-0.2, -0.15) is 5.10 Å². The van der Waals surface area contributed by atoms with Crippen molar-refractivity contribution >= 4 is 5.97 Å². The number of pyridine rings is 1. The fraction of sp³-hybridized carbons (Fsp3) is 0.308. The van der Waals surface area contributed by atoms with E-state index >= 15 is 0 Å². The number of carbonyl (C=O) groups is 1. The number of aromatic nitrogens is 3. The lowest BCUT2D eigenvalue weighted by atomic mass is 10.4. The van der Waals surface area contributed by atoms with Gasteiger partial charge in [0.1, 0.15) is 6.61 Å². The number of ether oxygens (including phenoxy) is 1. The average molecular weight is 245 g/mol. The first-order valence-corrected chi connectivity index (χ1v) is 5.78. The Morgan fingerprint density at radius 3 is 3.00 bits per heavy atom. The molecule has 0 spiro atoms. The molecule has 5 heteroatoms. The Morgan fingerprint density at radius 1 is 1.44 bits per heavy atom. The van der Waals surface area contributed by atoms with Crippen LogP contribution >= 0.6 is 0 Å². The predicted molar refractivity (Wildman–Crippen MR) is 65.6 cm³/mol. The average Bonchev–Trinajstić information content (AvgIpc) is 2.81. The van der Waals surface area contributed by atoms with Crippen LogP contribution in [0.3, 0.4) is 0 Å². The number of aryl methyl sites for hydroxylation is 2. The Labute approximate surface area is 105 Å². The molecule has 0 fully saturated rings. The van der Waals surface area contributed by atoms with Gasteiger partial charge in [0.05, 0.1) is 24.9 Å². The van der Waals surface area contributed by atoms with E-state index in [1.165, 1.54) is 0 Å². The van der Waals surface area contributed by atoms with E-state index in [1.54, 1.807) is 17.1 Å². The first kappa shape index (κ1) is 12.3. The standard InChI is InChI=1S/C13H15N3O2/c1-11-8-15-16(9-11)7-5-13(17)18-10-12-4-2-3-6-14-12/h2-4,6,8-9H,5,7,10H2,1H3. The molecule has 18 heavy (non-hydrogen) atoms. The van der Waals surface area contributed by atoms with Gasteiger partial charge in [0.25, 0.3) is 0 Å². The van der Waals surface area contributed by atoms with Crippen molar-refractivity contribution in [1.82, 2.24) is 14.8 Å². The number of nitrogens with zero attached hydrogens (tertiary/aromatic N) is 3. The summed E-state index contributed by atoms with van der Waals surface area (Å²) in [5, 5.41) is 4.10. The molecule has 5 nitrogen and oxygen atoms in total. The second-order valence-corrected chi connectivity index (χ2v) is 4.01. The minimum atomic E-state index is -0.242. The van der Waals surface area contributed by atoms with Gasteiger partial charge in [-0.25, -0.2) is 0 Å². The summed E-state index contributed by atoms with van der Waals surface area (Å²) >= 11 is 0. The second kappa shape index (κ2) is 5.95. The molecule has 0 unspecified atom stereocenters. The molecular formula is C13H15N3O2. The van der Waals surface area contributed by atoms with Crippen LogP contribution in [0, 0.1) is 6.92 Å². The zero-order valence-corrected chi connectivity index (χ0v) is 10.2. The molecule has 2 heterocycles. The highest BCUT2D eigenvalue weighted by Crippen LogP contribution is 2.00. The molecule has 0 aliphatic carbocycles. The Kier molecular flexibility index (Phi) is 4.06. The van der Waals surface area contributed by atoms with E-state index in [1.807, 2.05) is 31.3 Å². The van der Waals surface area contributed by atoms with Gasteiger partial charge in [0.2, 0.25) is 0 Å². The Morgan fingerprint density at radius 2 is 2.33 bits per heavy atom. The number of carbonyl (C=O) groups excluding carboxylic acids is 1. The van der Waals surface area contributed by atoms with Gasteiger partial charge in [-0.1, -0.05) is 6.07 Å². The zero-order chi connectivity index (χ0) is 12.8. The lowest BCUT2D eigenvalue weighted by Gasteiger charge is -2.04.